The highest BCUT2D eigenvalue weighted by molar-refractivity contribution is 6.32. The zero-order valence-electron chi connectivity index (χ0n) is 12.5. The maximum Gasteiger partial charge on any atom is 0.288 e. The number of halogens is 1. The predicted octanol–water partition coefficient (Wildman–Crippen LogP) is 3.63. The second-order valence-corrected chi connectivity index (χ2v) is 5.39. The molecule has 1 N–H and O–H groups in total. The molecule has 0 spiro atoms. The Morgan fingerprint density at radius 1 is 1.26 bits per heavy atom. The largest absolute Gasteiger partial charge is 0.288 e. The lowest BCUT2D eigenvalue weighted by atomic mass is 10.1. The monoisotopic (exact) mass is 331 g/mol. The number of carbonyl (C=O) groups is 1. The number of nitrogens with one attached hydrogen (secondary N) is 1. The molecule has 0 radical (unpaired) electrons. The number of rotatable bonds is 4. The lowest BCUT2D eigenvalue weighted by molar-refractivity contribution is -0.384. The zero-order valence-corrected chi connectivity index (χ0v) is 13.3. The average Bonchev–Trinajstić information content (AvgIpc) is 2.49. The van der Waals surface area contributed by atoms with Crippen LogP contribution in [0.25, 0.3) is 0 Å². The van der Waals surface area contributed by atoms with E-state index in [-0.39, 0.29) is 16.3 Å². The third-order valence-electron chi connectivity index (χ3n) is 3.20. The molecule has 0 aromatic heterocycles. The van der Waals surface area contributed by atoms with Crippen molar-refractivity contribution >= 4 is 29.4 Å². The van der Waals surface area contributed by atoms with Crippen molar-refractivity contribution in [2.75, 3.05) is 0 Å². The molecule has 0 aliphatic rings. The van der Waals surface area contributed by atoms with Crippen LogP contribution in [0.15, 0.2) is 41.5 Å². The van der Waals surface area contributed by atoms with E-state index in [9.17, 15) is 14.9 Å². The Bertz CT molecular complexity index is 803. The highest BCUT2D eigenvalue weighted by Crippen LogP contribution is 2.24. The standard InChI is InChI=1S/C16H14ClN3O3/c1-10-3-4-13(11(2)7-10)9-18-19-16(21)12-5-6-14(17)15(8-12)20(22)23/h3-9H,1-2H3,(H,19,21). The number of hydrogen-bond acceptors (Lipinski definition) is 4. The van der Waals surface area contributed by atoms with E-state index in [1.807, 2.05) is 32.0 Å². The summed E-state index contributed by atoms with van der Waals surface area (Å²) < 4.78 is 0. The molecule has 0 unspecified atom stereocenters. The van der Waals surface area contributed by atoms with Crippen LogP contribution < -0.4 is 5.43 Å². The van der Waals surface area contributed by atoms with Gasteiger partial charge in [-0.1, -0.05) is 35.4 Å². The van der Waals surface area contributed by atoms with Crippen molar-refractivity contribution in [1.29, 1.82) is 0 Å². The number of nitro benzene ring substituents is 1. The lowest BCUT2D eigenvalue weighted by Crippen LogP contribution is -2.17. The van der Waals surface area contributed by atoms with E-state index >= 15 is 0 Å². The van der Waals surface area contributed by atoms with Crippen LogP contribution in [0.5, 0.6) is 0 Å². The molecule has 2 aromatic carbocycles. The lowest BCUT2D eigenvalue weighted by Gasteiger charge is -2.03. The van der Waals surface area contributed by atoms with Crippen molar-refractivity contribution in [3.8, 4) is 0 Å². The summed E-state index contributed by atoms with van der Waals surface area (Å²) in [7, 11) is 0. The fraction of sp³-hybridized carbons (Fsp3) is 0.125. The fourth-order valence-corrected chi connectivity index (χ4v) is 2.18. The van der Waals surface area contributed by atoms with E-state index in [1.165, 1.54) is 18.3 Å². The van der Waals surface area contributed by atoms with E-state index in [0.717, 1.165) is 22.8 Å². The number of hydrogen-bond donors (Lipinski definition) is 1. The second-order valence-electron chi connectivity index (χ2n) is 4.98. The van der Waals surface area contributed by atoms with Crippen LogP contribution >= 0.6 is 11.6 Å². The molecule has 0 aliphatic heterocycles. The Morgan fingerprint density at radius 3 is 2.65 bits per heavy atom. The molecule has 2 aromatic rings. The van der Waals surface area contributed by atoms with Crippen molar-refractivity contribution in [3.05, 3.63) is 73.8 Å². The Labute approximate surface area is 137 Å². The summed E-state index contributed by atoms with van der Waals surface area (Å²) in [4.78, 5) is 22.1. The first kappa shape index (κ1) is 16.6. The van der Waals surface area contributed by atoms with E-state index in [4.69, 9.17) is 11.6 Å². The summed E-state index contributed by atoms with van der Waals surface area (Å²) in [6.45, 7) is 3.93. The number of nitrogens with zero attached hydrogens (tertiary/aromatic N) is 2. The molecule has 23 heavy (non-hydrogen) atoms. The number of aryl methyl sites for hydroxylation is 2. The number of carbonyl (C=O) groups excluding carboxylic acids is 1. The van der Waals surface area contributed by atoms with Crippen LogP contribution in [0, 0.1) is 24.0 Å². The van der Waals surface area contributed by atoms with Crippen molar-refractivity contribution in [2.45, 2.75) is 13.8 Å². The summed E-state index contributed by atoms with van der Waals surface area (Å²) in [6.07, 6.45) is 1.52. The first-order chi connectivity index (χ1) is 10.9. The normalized spacial score (nSPS) is 10.7. The van der Waals surface area contributed by atoms with Crippen molar-refractivity contribution in [3.63, 3.8) is 0 Å². The van der Waals surface area contributed by atoms with Crippen LogP contribution in [-0.4, -0.2) is 17.0 Å². The Kier molecular flexibility index (Phi) is 5.08. The van der Waals surface area contributed by atoms with Crippen LogP contribution in [0.4, 0.5) is 5.69 Å². The summed E-state index contributed by atoms with van der Waals surface area (Å²) in [6, 6.07) is 9.67. The van der Waals surface area contributed by atoms with Crippen LogP contribution in [0.1, 0.15) is 27.0 Å². The fourth-order valence-electron chi connectivity index (χ4n) is 1.99. The van der Waals surface area contributed by atoms with Crippen LogP contribution in [0.3, 0.4) is 0 Å². The molecule has 0 saturated carbocycles. The quantitative estimate of drug-likeness (QED) is 0.527. The maximum atomic E-state index is 12.0. The molecule has 118 valence electrons. The van der Waals surface area contributed by atoms with Gasteiger partial charge in [-0.2, -0.15) is 5.10 Å². The summed E-state index contributed by atoms with van der Waals surface area (Å²) in [5.41, 5.74) is 5.17. The van der Waals surface area contributed by atoms with Gasteiger partial charge in [-0.25, -0.2) is 5.43 Å². The minimum Gasteiger partial charge on any atom is -0.267 e. The topological polar surface area (TPSA) is 84.6 Å². The van der Waals surface area contributed by atoms with Gasteiger partial charge >= 0.3 is 0 Å². The van der Waals surface area contributed by atoms with Crippen molar-refractivity contribution in [1.82, 2.24) is 5.43 Å². The maximum absolute atomic E-state index is 12.0. The van der Waals surface area contributed by atoms with Gasteiger partial charge in [0.15, 0.2) is 0 Å². The molecular weight excluding hydrogens is 318 g/mol. The molecule has 2 rings (SSSR count). The highest BCUT2D eigenvalue weighted by Gasteiger charge is 2.15. The van der Waals surface area contributed by atoms with E-state index < -0.39 is 10.8 Å². The molecular formula is C16H14ClN3O3. The average molecular weight is 332 g/mol. The molecule has 0 atom stereocenters. The number of benzene rings is 2. The Morgan fingerprint density at radius 2 is 2.00 bits per heavy atom. The molecule has 6 nitrogen and oxygen atoms in total. The zero-order chi connectivity index (χ0) is 17.0. The van der Waals surface area contributed by atoms with Gasteiger partial charge < -0.3 is 0 Å². The first-order valence-corrected chi connectivity index (χ1v) is 7.11. The first-order valence-electron chi connectivity index (χ1n) is 6.73. The molecule has 0 aliphatic carbocycles. The SMILES string of the molecule is Cc1ccc(C=NNC(=O)c2ccc(Cl)c([N+](=O)[O-])c2)c(C)c1. The van der Waals surface area contributed by atoms with Crippen LogP contribution in [0.2, 0.25) is 5.02 Å². The molecule has 0 fully saturated rings. The molecule has 0 heterocycles. The summed E-state index contributed by atoms with van der Waals surface area (Å²) in [5.74, 6) is -0.550. The van der Waals surface area contributed by atoms with Gasteiger partial charge in [0.1, 0.15) is 5.02 Å². The van der Waals surface area contributed by atoms with E-state index in [1.54, 1.807) is 0 Å². The van der Waals surface area contributed by atoms with E-state index in [2.05, 4.69) is 10.5 Å². The Hall–Kier alpha value is -2.73. The predicted molar refractivity (Wildman–Crippen MR) is 89.1 cm³/mol. The number of amides is 1. The van der Waals surface area contributed by atoms with Crippen LogP contribution in [-0.2, 0) is 0 Å². The minimum atomic E-state index is -0.641. The molecule has 0 bridgehead atoms. The van der Waals surface area contributed by atoms with Crippen molar-refractivity contribution in [2.24, 2.45) is 5.10 Å². The van der Waals surface area contributed by atoms with Gasteiger partial charge in [0, 0.05) is 11.6 Å². The molecule has 0 saturated heterocycles. The Balaban J connectivity index is 2.12. The van der Waals surface area contributed by atoms with Gasteiger partial charge in [-0.3, -0.25) is 14.9 Å². The second kappa shape index (κ2) is 7.02. The summed E-state index contributed by atoms with van der Waals surface area (Å²) in [5, 5.41) is 14.7. The number of hydrazone groups is 1. The minimum absolute atomic E-state index is 0.0228. The third kappa shape index (κ3) is 4.14. The van der Waals surface area contributed by atoms with Gasteiger partial charge in [-0.15, -0.1) is 0 Å². The smallest absolute Gasteiger partial charge is 0.267 e. The van der Waals surface area contributed by atoms with E-state index in [0.29, 0.717) is 0 Å². The van der Waals surface area contributed by atoms with Gasteiger partial charge in [0.25, 0.3) is 11.6 Å². The molecule has 7 heteroatoms. The van der Waals surface area contributed by atoms with Gasteiger partial charge in [-0.05, 0) is 37.1 Å². The summed E-state index contributed by atoms with van der Waals surface area (Å²) >= 11 is 5.71. The number of nitro groups is 1. The highest BCUT2D eigenvalue weighted by atomic mass is 35.5. The molecule has 1 amide bonds. The third-order valence-corrected chi connectivity index (χ3v) is 3.52. The van der Waals surface area contributed by atoms with Crippen molar-refractivity contribution < 1.29 is 9.72 Å². The van der Waals surface area contributed by atoms with Gasteiger partial charge in [0.05, 0.1) is 11.1 Å². The van der Waals surface area contributed by atoms with Gasteiger partial charge in [0.2, 0.25) is 0 Å².